The Morgan fingerprint density at radius 1 is 0.963 bits per heavy atom. The van der Waals surface area contributed by atoms with Gasteiger partial charge in [-0.2, -0.15) is 0 Å². The Labute approximate surface area is 182 Å². The largest absolute Gasteiger partial charge is 0.314 e. The lowest BCUT2D eigenvalue weighted by molar-refractivity contribution is 0.560. The molecule has 1 aromatic heterocycles. The molecule has 0 bridgehead atoms. The minimum absolute atomic E-state index is 0. The molecule has 0 radical (unpaired) electrons. The zero-order valence-electron chi connectivity index (χ0n) is 16.0. The van der Waals surface area contributed by atoms with Gasteiger partial charge >= 0.3 is 0 Å². The normalized spacial score (nSPS) is 11.0. The first-order valence-corrected chi connectivity index (χ1v) is 10.3. The van der Waals surface area contributed by atoms with E-state index in [1.54, 1.807) is 0 Å². The fourth-order valence-electron chi connectivity index (χ4n) is 3.51. The van der Waals surface area contributed by atoms with Gasteiger partial charge in [0.15, 0.2) is 5.15 Å². The molecule has 2 aromatic carbocycles. The summed E-state index contributed by atoms with van der Waals surface area (Å²) in [7, 11) is 0. The summed E-state index contributed by atoms with van der Waals surface area (Å²) < 4.78 is 2.07. The van der Waals surface area contributed by atoms with Crippen LogP contribution in [0, 0.1) is 6.92 Å². The van der Waals surface area contributed by atoms with Crippen molar-refractivity contribution in [1.29, 1.82) is 0 Å². The van der Waals surface area contributed by atoms with Crippen molar-refractivity contribution in [3.05, 3.63) is 52.3 Å². The smallest absolute Gasteiger partial charge is 0.166 e. The summed E-state index contributed by atoms with van der Waals surface area (Å²) in [6, 6.07) is 12.8. The van der Waals surface area contributed by atoms with Crippen LogP contribution < -0.4 is 0 Å². The number of hydrogen-bond acceptors (Lipinski definition) is 1. The standard InChI is InChI=1S/C22H26Cl2N2.BrH/c1-3-4-5-6-7-10-13-26-21(24)20(23)25-22(26)19-15-16(2)14-17-11-8-9-12-18(17)19;/h8-9,11-12,14-15H,3-7,10,13H2,1-2H3;1H. The van der Waals surface area contributed by atoms with Crippen LogP contribution in [0.3, 0.4) is 0 Å². The van der Waals surface area contributed by atoms with Gasteiger partial charge in [-0.3, -0.25) is 0 Å². The van der Waals surface area contributed by atoms with Gasteiger partial charge in [-0.25, -0.2) is 4.98 Å². The number of benzene rings is 2. The molecular formula is C22H27BrCl2N2. The fraction of sp³-hybridized carbons (Fsp3) is 0.409. The lowest BCUT2D eigenvalue weighted by atomic mass is 10.0. The minimum Gasteiger partial charge on any atom is -0.314 e. The summed E-state index contributed by atoms with van der Waals surface area (Å²) in [6.45, 7) is 5.20. The topological polar surface area (TPSA) is 17.8 Å². The van der Waals surface area contributed by atoms with Gasteiger partial charge in [0.25, 0.3) is 0 Å². The lowest BCUT2D eigenvalue weighted by Gasteiger charge is -2.12. The van der Waals surface area contributed by atoms with E-state index < -0.39 is 0 Å². The monoisotopic (exact) mass is 468 g/mol. The Hall–Kier alpha value is -1.03. The van der Waals surface area contributed by atoms with E-state index in [1.165, 1.54) is 48.4 Å². The zero-order chi connectivity index (χ0) is 18.5. The first kappa shape index (κ1) is 22.3. The maximum Gasteiger partial charge on any atom is 0.166 e. The lowest BCUT2D eigenvalue weighted by Crippen LogP contribution is -2.02. The Bertz CT molecular complexity index is 889. The van der Waals surface area contributed by atoms with E-state index in [1.807, 2.05) is 0 Å². The van der Waals surface area contributed by atoms with E-state index in [9.17, 15) is 0 Å². The van der Waals surface area contributed by atoms with Crippen molar-refractivity contribution in [2.24, 2.45) is 0 Å². The van der Waals surface area contributed by atoms with Crippen LogP contribution >= 0.6 is 40.2 Å². The predicted octanol–water partition coefficient (Wildman–Crippen LogP) is 8.26. The van der Waals surface area contributed by atoms with Gasteiger partial charge in [-0.15, -0.1) is 17.0 Å². The van der Waals surface area contributed by atoms with Crippen molar-refractivity contribution in [3.63, 3.8) is 0 Å². The molecule has 0 saturated carbocycles. The molecular weight excluding hydrogens is 443 g/mol. The van der Waals surface area contributed by atoms with Crippen LogP contribution in [0.15, 0.2) is 36.4 Å². The number of unbranched alkanes of at least 4 members (excludes halogenated alkanes) is 5. The van der Waals surface area contributed by atoms with Crippen molar-refractivity contribution in [2.45, 2.75) is 58.9 Å². The molecule has 0 fully saturated rings. The molecule has 0 amide bonds. The number of rotatable bonds is 8. The number of fused-ring (bicyclic) bond motifs is 1. The highest BCUT2D eigenvalue weighted by Gasteiger charge is 2.17. The van der Waals surface area contributed by atoms with Crippen molar-refractivity contribution < 1.29 is 0 Å². The number of aryl methyl sites for hydroxylation is 1. The van der Waals surface area contributed by atoms with Crippen molar-refractivity contribution in [3.8, 4) is 11.4 Å². The van der Waals surface area contributed by atoms with Gasteiger partial charge in [-0.05, 0) is 35.7 Å². The summed E-state index contributed by atoms with van der Waals surface area (Å²) in [5.41, 5.74) is 2.31. The van der Waals surface area contributed by atoms with E-state index in [0.717, 1.165) is 24.4 Å². The molecule has 0 aliphatic heterocycles. The second kappa shape index (κ2) is 10.5. The molecule has 0 aliphatic rings. The summed E-state index contributed by atoms with van der Waals surface area (Å²) in [5.74, 6) is 0.869. The average molecular weight is 470 g/mol. The Morgan fingerprint density at radius 3 is 2.44 bits per heavy atom. The highest BCUT2D eigenvalue weighted by atomic mass is 79.9. The van der Waals surface area contributed by atoms with Gasteiger partial charge in [-0.1, -0.05) is 92.6 Å². The van der Waals surface area contributed by atoms with Gasteiger partial charge in [0.1, 0.15) is 11.0 Å². The molecule has 1 heterocycles. The Morgan fingerprint density at radius 2 is 1.67 bits per heavy atom. The van der Waals surface area contributed by atoms with Crippen molar-refractivity contribution in [2.75, 3.05) is 0 Å². The summed E-state index contributed by atoms with van der Waals surface area (Å²) in [4.78, 5) is 4.60. The highest BCUT2D eigenvalue weighted by Crippen LogP contribution is 2.34. The Kier molecular flexibility index (Phi) is 8.65. The molecule has 27 heavy (non-hydrogen) atoms. The van der Waals surface area contributed by atoms with Gasteiger partial charge in [0, 0.05) is 12.1 Å². The number of nitrogens with zero attached hydrogens (tertiary/aromatic N) is 2. The highest BCUT2D eigenvalue weighted by molar-refractivity contribution is 8.93. The SMILES string of the molecule is Br.CCCCCCCCn1c(-c2cc(C)cc3ccccc23)nc(Cl)c1Cl. The van der Waals surface area contributed by atoms with E-state index in [0.29, 0.717) is 10.3 Å². The van der Waals surface area contributed by atoms with Crippen LogP contribution in [0.4, 0.5) is 0 Å². The summed E-state index contributed by atoms with van der Waals surface area (Å²) in [6.07, 6.45) is 7.47. The van der Waals surface area contributed by atoms with E-state index in [-0.39, 0.29) is 17.0 Å². The maximum atomic E-state index is 6.49. The second-order valence-electron chi connectivity index (χ2n) is 6.97. The molecule has 2 nitrogen and oxygen atoms in total. The molecule has 146 valence electrons. The minimum atomic E-state index is 0. The molecule has 3 aromatic rings. The molecule has 5 heteroatoms. The summed E-state index contributed by atoms with van der Waals surface area (Å²) >= 11 is 12.8. The molecule has 3 rings (SSSR count). The predicted molar refractivity (Wildman–Crippen MR) is 124 cm³/mol. The number of halogens is 3. The van der Waals surface area contributed by atoms with Crippen molar-refractivity contribution >= 4 is 51.0 Å². The average Bonchev–Trinajstić information content (AvgIpc) is 2.92. The molecule has 0 spiro atoms. The van der Waals surface area contributed by atoms with E-state index in [2.05, 4.69) is 59.8 Å². The van der Waals surface area contributed by atoms with Gasteiger partial charge in [0.2, 0.25) is 0 Å². The summed E-state index contributed by atoms with van der Waals surface area (Å²) in [5, 5.41) is 3.32. The van der Waals surface area contributed by atoms with E-state index >= 15 is 0 Å². The first-order valence-electron chi connectivity index (χ1n) is 9.53. The quantitative estimate of drug-likeness (QED) is 0.303. The third-order valence-corrected chi connectivity index (χ3v) is 5.59. The van der Waals surface area contributed by atoms with Crippen LogP contribution in [0.25, 0.3) is 22.2 Å². The second-order valence-corrected chi connectivity index (χ2v) is 7.69. The number of imidazole rings is 1. The third kappa shape index (κ3) is 5.28. The molecule has 0 N–H and O–H groups in total. The van der Waals surface area contributed by atoms with Crippen molar-refractivity contribution in [1.82, 2.24) is 9.55 Å². The molecule has 0 atom stereocenters. The van der Waals surface area contributed by atoms with Crippen LogP contribution in [-0.2, 0) is 6.54 Å². The van der Waals surface area contributed by atoms with Crippen LogP contribution in [-0.4, -0.2) is 9.55 Å². The van der Waals surface area contributed by atoms with Crippen LogP contribution in [0.5, 0.6) is 0 Å². The number of aromatic nitrogens is 2. The Balaban J connectivity index is 0.00000261. The first-order chi connectivity index (χ1) is 12.6. The van der Waals surface area contributed by atoms with Gasteiger partial charge < -0.3 is 4.57 Å². The van der Waals surface area contributed by atoms with Gasteiger partial charge in [0.05, 0.1) is 0 Å². The fourth-order valence-corrected chi connectivity index (χ4v) is 3.90. The van der Waals surface area contributed by atoms with E-state index in [4.69, 9.17) is 23.2 Å². The zero-order valence-corrected chi connectivity index (χ0v) is 19.2. The van der Waals surface area contributed by atoms with Crippen LogP contribution in [0.2, 0.25) is 10.3 Å². The molecule has 0 saturated heterocycles. The molecule has 0 unspecified atom stereocenters. The maximum absolute atomic E-state index is 6.49. The third-order valence-electron chi connectivity index (χ3n) is 4.85. The van der Waals surface area contributed by atoms with Crippen LogP contribution in [0.1, 0.15) is 51.0 Å². The number of hydrogen-bond donors (Lipinski definition) is 0. The molecule has 0 aliphatic carbocycles.